The molecule has 1 fully saturated rings. The van der Waals surface area contributed by atoms with Crippen LogP contribution in [0.5, 0.6) is 0 Å². The van der Waals surface area contributed by atoms with Crippen LogP contribution in [0.25, 0.3) is 0 Å². The smallest absolute Gasteiger partial charge is 0.306 e. The Morgan fingerprint density at radius 2 is 2.45 bits per heavy atom. The van der Waals surface area contributed by atoms with E-state index in [-0.39, 0.29) is 12.5 Å². The average molecular weight is 161 g/mol. The van der Waals surface area contributed by atoms with Gasteiger partial charge in [0, 0.05) is 0 Å². The van der Waals surface area contributed by atoms with Gasteiger partial charge in [-0.2, -0.15) is 0 Å². The number of carboxylic acids is 1. The normalized spacial score (nSPS) is 27.6. The van der Waals surface area contributed by atoms with Crippen LogP contribution in [-0.4, -0.2) is 22.8 Å². The van der Waals surface area contributed by atoms with E-state index in [2.05, 4.69) is 4.84 Å². The van der Waals surface area contributed by atoms with Gasteiger partial charge in [0.15, 0.2) is 0 Å². The second-order valence-electron chi connectivity index (χ2n) is 2.46. The molecule has 0 saturated heterocycles. The minimum absolute atomic E-state index is 0.0933. The van der Waals surface area contributed by atoms with Crippen molar-refractivity contribution in [2.75, 3.05) is 6.61 Å². The third-order valence-electron chi connectivity index (χ3n) is 1.63. The molecule has 2 unspecified atom stereocenters. The minimum Gasteiger partial charge on any atom is -0.481 e. The van der Waals surface area contributed by atoms with Crippen molar-refractivity contribution in [1.29, 1.82) is 0 Å². The number of carboxylic acid groups (broad SMARTS) is 1. The van der Waals surface area contributed by atoms with Crippen molar-refractivity contribution in [2.24, 2.45) is 11.8 Å². The zero-order valence-electron chi connectivity index (χ0n) is 5.60. The lowest BCUT2D eigenvalue weighted by atomic mass is 10.3. The fourth-order valence-corrected chi connectivity index (χ4v) is 0.891. The van der Waals surface area contributed by atoms with Gasteiger partial charge in [0.05, 0.1) is 5.92 Å². The fraction of sp³-hybridized carbons (Fsp3) is 0.800. The predicted molar refractivity (Wildman–Crippen MR) is 32.2 cm³/mol. The van der Waals surface area contributed by atoms with E-state index in [0.717, 1.165) is 0 Å². The van der Waals surface area contributed by atoms with Gasteiger partial charge in [0.2, 0.25) is 0 Å². The molecule has 1 N–H and O–H groups in total. The third-order valence-corrected chi connectivity index (χ3v) is 1.63. The van der Waals surface area contributed by atoms with E-state index in [0.29, 0.717) is 6.42 Å². The van der Waals surface area contributed by atoms with Crippen molar-refractivity contribution >= 4 is 5.97 Å². The Hall–Kier alpha value is -1.33. The molecule has 0 bridgehead atoms. The zero-order valence-corrected chi connectivity index (χ0v) is 5.60. The summed E-state index contributed by atoms with van der Waals surface area (Å²) in [4.78, 5) is 23.8. The molecular weight excluding hydrogens is 154 g/mol. The Labute approximate surface area is 61.9 Å². The second kappa shape index (κ2) is 2.73. The van der Waals surface area contributed by atoms with Gasteiger partial charge in [-0.15, -0.1) is 10.1 Å². The van der Waals surface area contributed by atoms with Crippen molar-refractivity contribution in [3.63, 3.8) is 0 Å². The lowest BCUT2D eigenvalue weighted by Crippen LogP contribution is -2.07. The first-order chi connectivity index (χ1) is 5.11. The molecule has 1 rings (SSSR count). The molecule has 1 saturated carbocycles. The summed E-state index contributed by atoms with van der Waals surface area (Å²) < 4.78 is 0. The lowest BCUT2D eigenvalue weighted by molar-refractivity contribution is -0.758. The molecule has 0 amide bonds. The van der Waals surface area contributed by atoms with Crippen LogP contribution >= 0.6 is 0 Å². The summed E-state index contributed by atoms with van der Waals surface area (Å²) >= 11 is 0. The zero-order chi connectivity index (χ0) is 8.43. The molecule has 6 nitrogen and oxygen atoms in total. The number of nitrogens with zero attached hydrogens (tertiary/aromatic N) is 1. The van der Waals surface area contributed by atoms with E-state index in [4.69, 9.17) is 5.11 Å². The molecule has 0 heterocycles. The topological polar surface area (TPSA) is 89.7 Å². The Morgan fingerprint density at radius 3 is 2.82 bits per heavy atom. The van der Waals surface area contributed by atoms with Gasteiger partial charge >= 0.3 is 5.97 Å². The average Bonchev–Trinajstić information content (AvgIpc) is 2.61. The highest BCUT2D eigenvalue weighted by Crippen LogP contribution is 2.38. The van der Waals surface area contributed by atoms with E-state index in [1.165, 1.54) is 0 Å². The van der Waals surface area contributed by atoms with Gasteiger partial charge in [-0.3, -0.25) is 4.79 Å². The number of hydrogen-bond donors (Lipinski definition) is 1. The summed E-state index contributed by atoms with van der Waals surface area (Å²) in [5.74, 6) is -1.50. The highest BCUT2D eigenvalue weighted by Gasteiger charge is 2.43. The predicted octanol–water partition coefficient (Wildman–Crippen LogP) is -0.0846. The molecule has 6 heteroatoms. The van der Waals surface area contributed by atoms with E-state index >= 15 is 0 Å². The molecule has 0 aromatic heterocycles. The van der Waals surface area contributed by atoms with Crippen LogP contribution in [0.2, 0.25) is 0 Å². The second-order valence-corrected chi connectivity index (χ2v) is 2.46. The Kier molecular flexibility index (Phi) is 1.93. The maximum atomic E-state index is 10.2. The highest BCUT2D eigenvalue weighted by atomic mass is 16.9. The number of hydrogen-bond acceptors (Lipinski definition) is 4. The monoisotopic (exact) mass is 161 g/mol. The highest BCUT2D eigenvalue weighted by molar-refractivity contribution is 5.73. The standard InChI is InChI=1S/C5H7NO5/c7-5(8)4-1-3(4)2-11-6(9)10/h3-4H,1-2H2,(H,7,8). The SMILES string of the molecule is O=C(O)C1CC1CO[N+](=O)[O-]. The van der Waals surface area contributed by atoms with Crippen molar-refractivity contribution in [3.8, 4) is 0 Å². The maximum absolute atomic E-state index is 10.2. The van der Waals surface area contributed by atoms with Crippen LogP contribution < -0.4 is 0 Å². The van der Waals surface area contributed by atoms with Gasteiger partial charge in [-0.1, -0.05) is 0 Å². The summed E-state index contributed by atoms with van der Waals surface area (Å²) in [6, 6.07) is 0. The molecule has 1 aliphatic carbocycles. The summed E-state index contributed by atoms with van der Waals surface area (Å²) in [5.41, 5.74) is 0. The van der Waals surface area contributed by atoms with Crippen LogP contribution in [-0.2, 0) is 9.63 Å². The molecule has 11 heavy (non-hydrogen) atoms. The van der Waals surface area contributed by atoms with Crippen molar-refractivity contribution < 1.29 is 19.8 Å². The molecule has 1 aliphatic rings. The van der Waals surface area contributed by atoms with E-state index in [1.807, 2.05) is 0 Å². The molecule has 62 valence electrons. The van der Waals surface area contributed by atoms with E-state index < -0.39 is 17.0 Å². The Morgan fingerprint density at radius 1 is 1.82 bits per heavy atom. The summed E-state index contributed by atoms with van der Waals surface area (Å²) in [6.45, 7) is -0.0933. The molecule has 0 aromatic carbocycles. The minimum atomic E-state index is -0.906. The molecule has 2 atom stereocenters. The van der Waals surface area contributed by atoms with Gasteiger partial charge in [0.1, 0.15) is 6.61 Å². The first-order valence-electron chi connectivity index (χ1n) is 3.11. The van der Waals surface area contributed by atoms with Crippen LogP contribution in [0, 0.1) is 22.0 Å². The molecule has 0 radical (unpaired) electrons. The quantitative estimate of drug-likeness (QED) is 0.459. The molecular formula is C5H7NO5. The largest absolute Gasteiger partial charge is 0.481 e. The van der Waals surface area contributed by atoms with Gasteiger partial charge in [-0.05, 0) is 12.3 Å². The molecule has 0 spiro atoms. The number of rotatable bonds is 4. The summed E-state index contributed by atoms with van der Waals surface area (Å²) in [6.07, 6.45) is 0.489. The number of carbonyl (C=O) groups is 1. The fourth-order valence-electron chi connectivity index (χ4n) is 0.891. The number of aliphatic carboxylic acids is 1. The molecule has 0 aliphatic heterocycles. The first-order valence-corrected chi connectivity index (χ1v) is 3.11. The summed E-state index contributed by atoms with van der Waals surface area (Å²) in [7, 11) is 0. The van der Waals surface area contributed by atoms with Gasteiger partial charge in [-0.25, -0.2) is 0 Å². The first kappa shape index (κ1) is 7.77. The van der Waals surface area contributed by atoms with Crippen molar-refractivity contribution in [1.82, 2.24) is 0 Å². The van der Waals surface area contributed by atoms with Crippen LogP contribution in [0.1, 0.15) is 6.42 Å². The molecule has 0 aromatic rings. The van der Waals surface area contributed by atoms with Gasteiger partial charge < -0.3 is 9.94 Å². The third kappa shape index (κ3) is 2.06. The van der Waals surface area contributed by atoms with Gasteiger partial charge in [0.25, 0.3) is 5.09 Å². The Balaban J connectivity index is 2.14. The van der Waals surface area contributed by atoms with Crippen LogP contribution in [0.3, 0.4) is 0 Å². The van der Waals surface area contributed by atoms with Crippen LogP contribution in [0.4, 0.5) is 0 Å². The van der Waals surface area contributed by atoms with Crippen LogP contribution in [0.15, 0.2) is 0 Å². The van der Waals surface area contributed by atoms with Crippen molar-refractivity contribution in [3.05, 3.63) is 10.1 Å². The van der Waals surface area contributed by atoms with E-state index in [1.54, 1.807) is 0 Å². The summed E-state index contributed by atoms with van der Waals surface area (Å²) in [5, 5.41) is 17.1. The maximum Gasteiger partial charge on any atom is 0.306 e. The Bertz CT molecular complexity index is 191. The van der Waals surface area contributed by atoms with Crippen molar-refractivity contribution in [2.45, 2.75) is 6.42 Å². The lowest BCUT2D eigenvalue weighted by Gasteiger charge is -1.93. The van der Waals surface area contributed by atoms with E-state index in [9.17, 15) is 14.9 Å².